The summed E-state index contributed by atoms with van der Waals surface area (Å²) in [6, 6.07) is 0. The van der Waals surface area contributed by atoms with Gasteiger partial charge in [0.15, 0.2) is 0 Å². The summed E-state index contributed by atoms with van der Waals surface area (Å²) in [6.45, 7) is 1.88. The highest BCUT2D eigenvalue weighted by Gasteiger charge is 2.25. The summed E-state index contributed by atoms with van der Waals surface area (Å²) in [7, 11) is 0. The van der Waals surface area contributed by atoms with Crippen LogP contribution in [0.2, 0.25) is 0 Å². The molecule has 0 radical (unpaired) electrons. The zero-order valence-electron chi connectivity index (χ0n) is 7.90. The van der Waals surface area contributed by atoms with Crippen molar-refractivity contribution >= 4 is 18.5 Å². The number of carbonyl (C=O) groups excluding carboxylic acids is 1. The van der Waals surface area contributed by atoms with E-state index in [4.69, 9.17) is 0 Å². The predicted octanol–water partition coefficient (Wildman–Crippen LogP) is 2.15. The zero-order chi connectivity index (χ0) is 11.2. The van der Waals surface area contributed by atoms with Crippen molar-refractivity contribution in [3.8, 4) is 0 Å². The van der Waals surface area contributed by atoms with Crippen molar-refractivity contribution in [2.75, 3.05) is 6.54 Å². The van der Waals surface area contributed by atoms with E-state index in [9.17, 15) is 18.0 Å². The molecule has 0 aromatic rings. The van der Waals surface area contributed by atoms with Gasteiger partial charge in [-0.25, -0.2) is 0 Å². The first kappa shape index (κ1) is 13.6. The number of hydrogen-bond donors (Lipinski definition) is 2. The van der Waals surface area contributed by atoms with Crippen LogP contribution >= 0.6 is 12.6 Å². The predicted molar refractivity (Wildman–Crippen MR) is 51.4 cm³/mol. The molecule has 0 saturated carbocycles. The average Bonchev–Trinajstić information content (AvgIpc) is 2.01. The van der Waals surface area contributed by atoms with Gasteiger partial charge in [-0.2, -0.15) is 25.8 Å². The lowest BCUT2D eigenvalue weighted by Crippen LogP contribution is -2.30. The second kappa shape index (κ2) is 6.16. The highest BCUT2D eigenvalue weighted by molar-refractivity contribution is 7.81. The van der Waals surface area contributed by atoms with E-state index in [1.54, 1.807) is 6.92 Å². The molecule has 0 aliphatic heterocycles. The summed E-state index contributed by atoms with van der Waals surface area (Å²) in [5.41, 5.74) is 0. The van der Waals surface area contributed by atoms with Crippen molar-refractivity contribution in [2.45, 2.75) is 37.6 Å². The van der Waals surface area contributed by atoms with E-state index in [1.807, 2.05) is 0 Å². The highest BCUT2D eigenvalue weighted by Crippen LogP contribution is 2.21. The van der Waals surface area contributed by atoms with E-state index in [0.717, 1.165) is 0 Å². The maximum Gasteiger partial charge on any atom is 0.389 e. The summed E-state index contributed by atoms with van der Waals surface area (Å²) < 4.78 is 35.0. The topological polar surface area (TPSA) is 29.1 Å². The van der Waals surface area contributed by atoms with E-state index < -0.39 is 17.8 Å². The molecule has 0 aliphatic rings. The smallest absolute Gasteiger partial charge is 0.355 e. The van der Waals surface area contributed by atoms with Gasteiger partial charge in [0.1, 0.15) is 0 Å². The second-order valence-corrected chi connectivity index (χ2v) is 3.81. The van der Waals surface area contributed by atoms with Gasteiger partial charge < -0.3 is 5.32 Å². The zero-order valence-corrected chi connectivity index (χ0v) is 8.79. The van der Waals surface area contributed by atoms with Gasteiger partial charge in [0, 0.05) is 13.0 Å². The molecule has 0 rings (SSSR count). The molecular weight excluding hydrogens is 215 g/mol. The van der Waals surface area contributed by atoms with Gasteiger partial charge in [-0.1, -0.05) is 0 Å². The fraction of sp³-hybridized carbons (Fsp3) is 0.875. The molecule has 1 atom stereocenters. The first-order valence-corrected chi connectivity index (χ1v) is 4.87. The molecule has 0 bridgehead atoms. The number of amides is 1. The SMILES string of the molecule is CC(S)C(=O)NCCCCC(F)(F)F. The average molecular weight is 229 g/mol. The van der Waals surface area contributed by atoms with Crippen LogP contribution in [-0.2, 0) is 4.79 Å². The Balaban J connectivity index is 3.35. The maximum atomic E-state index is 11.7. The Bertz CT molecular complexity index is 182. The fourth-order valence-corrected chi connectivity index (χ4v) is 0.901. The van der Waals surface area contributed by atoms with Crippen molar-refractivity contribution < 1.29 is 18.0 Å². The molecule has 0 saturated heterocycles. The van der Waals surface area contributed by atoms with Gasteiger partial charge in [-0.05, 0) is 19.8 Å². The standard InChI is InChI=1S/C8H14F3NOS/c1-6(14)7(13)12-5-3-2-4-8(9,10)11/h6,14H,2-5H2,1H3,(H,12,13). The molecule has 1 unspecified atom stereocenters. The Kier molecular flexibility index (Phi) is 5.99. The normalized spacial score (nSPS) is 13.8. The van der Waals surface area contributed by atoms with Crippen LogP contribution in [0.15, 0.2) is 0 Å². The number of nitrogens with one attached hydrogen (secondary N) is 1. The molecule has 14 heavy (non-hydrogen) atoms. The van der Waals surface area contributed by atoms with Crippen molar-refractivity contribution in [3.63, 3.8) is 0 Å². The lowest BCUT2D eigenvalue weighted by atomic mass is 10.2. The third-order valence-corrected chi connectivity index (χ3v) is 1.80. The summed E-state index contributed by atoms with van der Waals surface area (Å²) in [5.74, 6) is -0.250. The van der Waals surface area contributed by atoms with Crippen molar-refractivity contribution in [1.82, 2.24) is 5.32 Å². The molecule has 0 spiro atoms. The number of thiol groups is 1. The molecule has 0 fully saturated rings. The molecule has 0 aromatic heterocycles. The fourth-order valence-electron chi connectivity index (χ4n) is 0.810. The lowest BCUT2D eigenvalue weighted by Gasteiger charge is -2.08. The van der Waals surface area contributed by atoms with Crippen LogP contribution in [0.25, 0.3) is 0 Å². The second-order valence-electron chi connectivity index (χ2n) is 3.04. The van der Waals surface area contributed by atoms with Crippen LogP contribution in [0.1, 0.15) is 26.2 Å². The minimum absolute atomic E-state index is 0.0464. The maximum absolute atomic E-state index is 11.7. The van der Waals surface area contributed by atoms with Crippen LogP contribution < -0.4 is 5.32 Å². The third-order valence-electron chi connectivity index (χ3n) is 1.57. The Morgan fingerprint density at radius 2 is 2.00 bits per heavy atom. The van der Waals surface area contributed by atoms with E-state index in [2.05, 4.69) is 17.9 Å². The molecule has 1 amide bonds. The van der Waals surface area contributed by atoms with Crippen LogP contribution in [0.3, 0.4) is 0 Å². The number of unbranched alkanes of at least 4 members (excludes halogenated alkanes) is 1. The molecule has 0 aromatic carbocycles. The number of carbonyl (C=O) groups is 1. The molecule has 0 aliphatic carbocycles. The number of rotatable bonds is 5. The quantitative estimate of drug-likeness (QED) is 0.549. The summed E-state index contributed by atoms with van der Waals surface area (Å²) in [6.07, 6.45) is -4.50. The van der Waals surface area contributed by atoms with Crippen LogP contribution in [-0.4, -0.2) is 23.9 Å². The molecular formula is C8H14F3NOS. The van der Waals surface area contributed by atoms with E-state index in [1.165, 1.54) is 0 Å². The van der Waals surface area contributed by atoms with E-state index >= 15 is 0 Å². The summed E-state index contributed by atoms with van der Waals surface area (Å²) >= 11 is 3.87. The van der Waals surface area contributed by atoms with Gasteiger partial charge in [0.05, 0.1) is 5.25 Å². The van der Waals surface area contributed by atoms with Crippen LogP contribution in [0.4, 0.5) is 13.2 Å². The molecule has 84 valence electrons. The van der Waals surface area contributed by atoms with E-state index in [0.29, 0.717) is 6.42 Å². The number of hydrogen-bond acceptors (Lipinski definition) is 2. The van der Waals surface area contributed by atoms with Crippen molar-refractivity contribution in [1.29, 1.82) is 0 Å². The molecule has 0 heterocycles. The largest absolute Gasteiger partial charge is 0.389 e. The molecule has 1 N–H and O–H groups in total. The van der Waals surface area contributed by atoms with Gasteiger partial charge in [0.2, 0.25) is 5.91 Å². The monoisotopic (exact) mass is 229 g/mol. The highest BCUT2D eigenvalue weighted by atomic mass is 32.1. The van der Waals surface area contributed by atoms with Gasteiger partial charge in [0.25, 0.3) is 0 Å². The number of halogens is 3. The summed E-state index contributed by atoms with van der Waals surface area (Å²) in [4.78, 5) is 10.9. The Morgan fingerprint density at radius 1 is 1.43 bits per heavy atom. The number of alkyl halides is 3. The molecule has 6 heteroatoms. The van der Waals surface area contributed by atoms with Gasteiger partial charge in [-0.3, -0.25) is 4.79 Å². The lowest BCUT2D eigenvalue weighted by molar-refractivity contribution is -0.135. The third kappa shape index (κ3) is 8.22. The Morgan fingerprint density at radius 3 is 2.43 bits per heavy atom. The van der Waals surface area contributed by atoms with Gasteiger partial charge in [-0.15, -0.1) is 0 Å². The molecule has 2 nitrogen and oxygen atoms in total. The summed E-state index contributed by atoms with van der Waals surface area (Å²) in [5, 5.41) is 2.07. The Hall–Kier alpha value is -0.390. The van der Waals surface area contributed by atoms with Gasteiger partial charge >= 0.3 is 6.18 Å². The van der Waals surface area contributed by atoms with Crippen LogP contribution in [0, 0.1) is 0 Å². The van der Waals surface area contributed by atoms with Crippen molar-refractivity contribution in [2.24, 2.45) is 0 Å². The van der Waals surface area contributed by atoms with E-state index in [-0.39, 0.29) is 18.9 Å². The van der Waals surface area contributed by atoms with Crippen molar-refractivity contribution in [3.05, 3.63) is 0 Å². The Labute approximate surface area is 86.7 Å². The first-order valence-electron chi connectivity index (χ1n) is 4.35. The van der Waals surface area contributed by atoms with Crippen LogP contribution in [0.5, 0.6) is 0 Å². The first-order chi connectivity index (χ1) is 6.33. The minimum Gasteiger partial charge on any atom is -0.355 e. The minimum atomic E-state index is -4.10.